The third-order valence-electron chi connectivity index (χ3n) is 5.36. The molecular formula is C25H37NO2. The van der Waals surface area contributed by atoms with Crippen LogP contribution in [0, 0.1) is 5.41 Å². The lowest BCUT2D eigenvalue weighted by molar-refractivity contribution is -0.121. The molecule has 0 bridgehead atoms. The SMILES string of the molecule is CCCCCCCCC(=O)NCC(C)(C)Cc1ccc2ccccc2c1OC. The fraction of sp³-hybridized carbons (Fsp3) is 0.560. The average molecular weight is 384 g/mol. The summed E-state index contributed by atoms with van der Waals surface area (Å²) in [5.41, 5.74) is 1.16. The van der Waals surface area contributed by atoms with Crippen molar-refractivity contribution in [1.82, 2.24) is 5.32 Å². The second-order valence-corrected chi connectivity index (χ2v) is 8.61. The van der Waals surface area contributed by atoms with Crippen LogP contribution in [0.5, 0.6) is 5.75 Å². The van der Waals surface area contributed by atoms with Gasteiger partial charge in [0.2, 0.25) is 5.91 Å². The van der Waals surface area contributed by atoms with Crippen LogP contribution in [0.1, 0.15) is 71.3 Å². The Bertz CT molecular complexity index is 751. The molecule has 0 aliphatic rings. The maximum absolute atomic E-state index is 12.2. The van der Waals surface area contributed by atoms with Crippen LogP contribution in [0.25, 0.3) is 10.8 Å². The van der Waals surface area contributed by atoms with Crippen molar-refractivity contribution in [3.63, 3.8) is 0 Å². The molecule has 154 valence electrons. The first-order valence-corrected chi connectivity index (χ1v) is 10.8. The van der Waals surface area contributed by atoms with Crippen molar-refractivity contribution in [2.75, 3.05) is 13.7 Å². The number of carbonyl (C=O) groups excluding carboxylic acids is 1. The zero-order chi connectivity index (χ0) is 20.4. The summed E-state index contributed by atoms with van der Waals surface area (Å²) >= 11 is 0. The Balaban J connectivity index is 1.86. The van der Waals surface area contributed by atoms with Gasteiger partial charge in [0, 0.05) is 18.4 Å². The number of hydrogen-bond donors (Lipinski definition) is 1. The van der Waals surface area contributed by atoms with E-state index in [-0.39, 0.29) is 11.3 Å². The number of hydrogen-bond acceptors (Lipinski definition) is 2. The van der Waals surface area contributed by atoms with E-state index in [1.54, 1.807) is 7.11 Å². The van der Waals surface area contributed by atoms with E-state index in [9.17, 15) is 4.79 Å². The Kier molecular flexibility index (Phi) is 8.82. The number of carbonyl (C=O) groups is 1. The molecule has 0 atom stereocenters. The summed E-state index contributed by atoms with van der Waals surface area (Å²) in [7, 11) is 1.74. The standard InChI is InChI=1S/C25H37NO2/c1-5-6-7-8-9-10-15-23(27)26-19-25(2,3)18-21-17-16-20-13-11-12-14-22(20)24(21)28-4/h11-14,16-17H,5-10,15,18-19H2,1-4H3,(H,26,27). The third kappa shape index (κ3) is 6.85. The highest BCUT2D eigenvalue weighted by atomic mass is 16.5. The number of benzene rings is 2. The van der Waals surface area contributed by atoms with E-state index in [1.807, 2.05) is 12.1 Å². The second-order valence-electron chi connectivity index (χ2n) is 8.61. The van der Waals surface area contributed by atoms with Gasteiger partial charge in [-0.1, -0.05) is 89.3 Å². The van der Waals surface area contributed by atoms with Crippen LogP contribution in [0.4, 0.5) is 0 Å². The van der Waals surface area contributed by atoms with Gasteiger partial charge in [-0.25, -0.2) is 0 Å². The Labute approximate surface area is 170 Å². The van der Waals surface area contributed by atoms with Crippen molar-refractivity contribution in [2.45, 2.75) is 72.1 Å². The predicted molar refractivity (Wildman–Crippen MR) is 119 cm³/mol. The van der Waals surface area contributed by atoms with Crippen LogP contribution in [-0.4, -0.2) is 19.6 Å². The van der Waals surface area contributed by atoms with E-state index in [0.29, 0.717) is 13.0 Å². The summed E-state index contributed by atoms with van der Waals surface area (Å²) < 4.78 is 5.74. The minimum absolute atomic E-state index is 0.0352. The molecule has 2 rings (SSSR count). The molecule has 28 heavy (non-hydrogen) atoms. The minimum Gasteiger partial charge on any atom is -0.496 e. The van der Waals surface area contributed by atoms with E-state index in [4.69, 9.17) is 4.74 Å². The Hall–Kier alpha value is -2.03. The monoisotopic (exact) mass is 383 g/mol. The van der Waals surface area contributed by atoms with Crippen molar-refractivity contribution in [3.05, 3.63) is 42.0 Å². The molecule has 0 heterocycles. The molecule has 1 N–H and O–H groups in total. The number of amides is 1. The summed E-state index contributed by atoms with van der Waals surface area (Å²) in [6.45, 7) is 7.31. The number of nitrogens with one attached hydrogen (secondary N) is 1. The number of fused-ring (bicyclic) bond motifs is 1. The van der Waals surface area contributed by atoms with Crippen LogP contribution in [0.2, 0.25) is 0 Å². The van der Waals surface area contributed by atoms with Gasteiger partial charge in [-0.15, -0.1) is 0 Å². The largest absolute Gasteiger partial charge is 0.496 e. The molecule has 3 heteroatoms. The van der Waals surface area contributed by atoms with Gasteiger partial charge in [-0.3, -0.25) is 4.79 Å². The van der Waals surface area contributed by atoms with Gasteiger partial charge in [0.15, 0.2) is 0 Å². The number of methoxy groups -OCH3 is 1. The van der Waals surface area contributed by atoms with Crippen LogP contribution in [-0.2, 0) is 11.2 Å². The topological polar surface area (TPSA) is 38.3 Å². The molecular weight excluding hydrogens is 346 g/mol. The fourth-order valence-electron chi connectivity index (χ4n) is 3.74. The molecule has 0 unspecified atom stereocenters. The molecule has 0 radical (unpaired) electrons. The van der Waals surface area contributed by atoms with E-state index in [0.717, 1.165) is 30.4 Å². The Morgan fingerprint density at radius 2 is 1.71 bits per heavy atom. The van der Waals surface area contributed by atoms with Crippen LogP contribution in [0.15, 0.2) is 36.4 Å². The highest BCUT2D eigenvalue weighted by Crippen LogP contribution is 2.33. The lowest BCUT2D eigenvalue weighted by atomic mass is 9.84. The summed E-state index contributed by atoms with van der Waals surface area (Å²) in [4.78, 5) is 12.2. The van der Waals surface area contributed by atoms with Gasteiger partial charge in [0.05, 0.1) is 7.11 Å². The third-order valence-corrected chi connectivity index (χ3v) is 5.36. The number of unbranched alkanes of at least 4 members (excludes halogenated alkanes) is 5. The van der Waals surface area contributed by atoms with E-state index in [1.165, 1.54) is 36.6 Å². The Morgan fingerprint density at radius 3 is 2.46 bits per heavy atom. The average Bonchev–Trinajstić information content (AvgIpc) is 2.69. The molecule has 0 saturated heterocycles. The highest BCUT2D eigenvalue weighted by molar-refractivity contribution is 5.89. The summed E-state index contributed by atoms with van der Waals surface area (Å²) in [5.74, 6) is 1.12. The van der Waals surface area contributed by atoms with Crippen molar-refractivity contribution < 1.29 is 9.53 Å². The van der Waals surface area contributed by atoms with Gasteiger partial charge in [0.1, 0.15) is 5.75 Å². The van der Waals surface area contributed by atoms with E-state index in [2.05, 4.69) is 50.4 Å². The van der Waals surface area contributed by atoms with Crippen molar-refractivity contribution in [2.24, 2.45) is 5.41 Å². The maximum Gasteiger partial charge on any atom is 0.220 e. The molecule has 0 aromatic heterocycles. The first-order valence-electron chi connectivity index (χ1n) is 10.8. The smallest absolute Gasteiger partial charge is 0.220 e. The zero-order valence-corrected chi connectivity index (χ0v) is 18.1. The minimum atomic E-state index is -0.0352. The van der Waals surface area contributed by atoms with Gasteiger partial charge >= 0.3 is 0 Å². The van der Waals surface area contributed by atoms with Crippen LogP contribution in [0.3, 0.4) is 0 Å². The van der Waals surface area contributed by atoms with Gasteiger partial charge in [-0.05, 0) is 29.2 Å². The fourth-order valence-corrected chi connectivity index (χ4v) is 3.74. The summed E-state index contributed by atoms with van der Waals surface area (Å²) in [6.07, 6.45) is 8.75. The van der Waals surface area contributed by atoms with Gasteiger partial charge in [0.25, 0.3) is 0 Å². The number of ether oxygens (including phenoxy) is 1. The van der Waals surface area contributed by atoms with Crippen molar-refractivity contribution in [1.29, 1.82) is 0 Å². The molecule has 2 aromatic carbocycles. The molecule has 0 saturated carbocycles. The van der Waals surface area contributed by atoms with Crippen molar-refractivity contribution >= 4 is 16.7 Å². The van der Waals surface area contributed by atoms with Gasteiger partial charge < -0.3 is 10.1 Å². The highest BCUT2D eigenvalue weighted by Gasteiger charge is 2.22. The van der Waals surface area contributed by atoms with Crippen LogP contribution >= 0.6 is 0 Å². The Morgan fingerprint density at radius 1 is 1.00 bits per heavy atom. The summed E-state index contributed by atoms with van der Waals surface area (Å²) in [6, 6.07) is 12.6. The molecule has 0 aliphatic carbocycles. The molecule has 2 aromatic rings. The van der Waals surface area contributed by atoms with E-state index >= 15 is 0 Å². The number of rotatable bonds is 12. The molecule has 0 aliphatic heterocycles. The molecule has 3 nitrogen and oxygen atoms in total. The molecule has 0 spiro atoms. The lowest BCUT2D eigenvalue weighted by Crippen LogP contribution is -2.35. The molecule has 1 amide bonds. The molecule has 0 fully saturated rings. The second kappa shape index (κ2) is 11.1. The first-order chi connectivity index (χ1) is 13.5. The normalized spacial score (nSPS) is 11.6. The lowest BCUT2D eigenvalue weighted by Gasteiger charge is -2.26. The summed E-state index contributed by atoms with van der Waals surface area (Å²) in [5, 5.41) is 5.47. The van der Waals surface area contributed by atoms with Crippen molar-refractivity contribution in [3.8, 4) is 5.75 Å². The van der Waals surface area contributed by atoms with E-state index < -0.39 is 0 Å². The predicted octanol–water partition coefficient (Wildman–Crippen LogP) is 6.28. The van der Waals surface area contributed by atoms with Gasteiger partial charge in [-0.2, -0.15) is 0 Å². The first kappa shape index (κ1) is 22.3. The maximum atomic E-state index is 12.2. The van der Waals surface area contributed by atoms with Crippen LogP contribution < -0.4 is 10.1 Å². The zero-order valence-electron chi connectivity index (χ0n) is 18.1. The quantitative estimate of drug-likeness (QED) is 0.438.